The Labute approximate surface area is 125 Å². The molecule has 0 saturated carbocycles. The number of rotatable bonds is 2. The molecule has 20 heavy (non-hydrogen) atoms. The van der Waals surface area contributed by atoms with Crippen LogP contribution in [0, 0.1) is 0 Å². The zero-order valence-electron chi connectivity index (χ0n) is 10.7. The van der Waals surface area contributed by atoms with Gasteiger partial charge in [0.15, 0.2) is 0 Å². The van der Waals surface area contributed by atoms with Crippen molar-refractivity contribution in [3.63, 3.8) is 0 Å². The lowest BCUT2D eigenvalue weighted by Gasteiger charge is -2.09. The van der Waals surface area contributed by atoms with Gasteiger partial charge in [0.25, 0.3) is 0 Å². The number of hydrogen-bond donors (Lipinski definition) is 2. The second-order valence-corrected chi connectivity index (χ2v) is 5.67. The Morgan fingerprint density at radius 1 is 1.25 bits per heavy atom. The van der Waals surface area contributed by atoms with Crippen LogP contribution in [0.25, 0.3) is 10.2 Å². The molecule has 0 atom stereocenters. The fourth-order valence-corrected chi connectivity index (χ4v) is 3.03. The standard InChI is InChI=1S/C14H12ClN3OS/c1-18-11-6-7-20-12(11)8-13(18)17-14(19)16-10-5-3-2-4-9(10)15/h2-8H,1H3,(H2,16,17,19). The minimum Gasteiger partial charge on any atom is -0.330 e. The van der Waals surface area contributed by atoms with Crippen LogP contribution in [0.3, 0.4) is 0 Å². The Morgan fingerprint density at radius 2 is 2.05 bits per heavy atom. The zero-order valence-corrected chi connectivity index (χ0v) is 12.3. The van der Waals surface area contributed by atoms with E-state index in [-0.39, 0.29) is 6.03 Å². The summed E-state index contributed by atoms with van der Waals surface area (Å²) in [5.74, 6) is 0.747. The number of para-hydroxylation sites is 1. The van der Waals surface area contributed by atoms with Gasteiger partial charge in [0.2, 0.25) is 0 Å². The molecule has 0 unspecified atom stereocenters. The molecule has 0 fully saturated rings. The number of halogens is 1. The third-order valence-electron chi connectivity index (χ3n) is 3.03. The maximum absolute atomic E-state index is 12.0. The fourth-order valence-electron chi connectivity index (χ4n) is 2.00. The summed E-state index contributed by atoms with van der Waals surface area (Å²) in [7, 11) is 1.92. The number of amides is 2. The van der Waals surface area contributed by atoms with Gasteiger partial charge in [-0.25, -0.2) is 4.79 Å². The van der Waals surface area contributed by atoms with E-state index in [1.54, 1.807) is 23.5 Å². The topological polar surface area (TPSA) is 46.1 Å². The summed E-state index contributed by atoms with van der Waals surface area (Å²) in [6.07, 6.45) is 0. The van der Waals surface area contributed by atoms with Gasteiger partial charge in [0.1, 0.15) is 5.82 Å². The van der Waals surface area contributed by atoms with Crippen molar-refractivity contribution in [3.05, 3.63) is 46.8 Å². The summed E-state index contributed by atoms with van der Waals surface area (Å²) in [6, 6.07) is 10.8. The van der Waals surface area contributed by atoms with Crippen molar-refractivity contribution in [2.45, 2.75) is 0 Å². The molecule has 3 aromatic rings. The lowest BCUT2D eigenvalue weighted by Crippen LogP contribution is -2.20. The molecule has 6 heteroatoms. The summed E-state index contributed by atoms with van der Waals surface area (Å²) in [5, 5.41) is 8.09. The largest absolute Gasteiger partial charge is 0.330 e. The minimum atomic E-state index is -0.314. The molecule has 0 bridgehead atoms. The van der Waals surface area contributed by atoms with Crippen LogP contribution in [0.2, 0.25) is 5.02 Å². The van der Waals surface area contributed by atoms with E-state index in [0.29, 0.717) is 10.7 Å². The predicted octanol–water partition coefficient (Wildman–Crippen LogP) is 4.54. The maximum atomic E-state index is 12.0. The van der Waals surface area contributed by atoms with Gasteiger partial charge in [-0.2, -0.15) is 0 Å². The Kier molecular flexibility index (Phi) is 3.38. The number of benzene rings is 1. The van der Waals surface area contributed by atoms with E-state index >= 15 is 0 Å². The van der Waals surface area contributed by atoms with E-state index in [2.05, 4.69) is 10.6 Å². The Morgan fingerprint density at radius 3 is 2.80 bits per heavy atom. The smallest absolute Gasteiger partial charge is 0.324 e. The number of carbonyl (C=O) groups excluding carboxylic acids is 1. The molecular weight excluding hydrogens is 294 g/mol. The summed E-state index contributed by atoms with van der Waals surface area (Å²) < 4.78 is 3.08. The van der Waals surface area contributed by atoms with E-state index in [9.17, 15) is 4.79 Å². The third kappa shape index (κ3) is 2.37. The van der Waals surface area contributed by atoms with Gasteiger partial charge < -0.3 is 9.88 Å². The Bertz CT molecular complexity index is 778. The lowest BCUT2D eigenvalue weighted by atomic mass is 10.3. The van der Waals surface area contributed by atoms with Crippen molar-refractivity contribution in [1.82, 2.24) is 4.57 Å². The summed E-state index contributed by atoms with van der Waals surface area (Å²) in [5.41, 5.74) is 1.69. The Balaban J connectivity index is 1.77. The molecule has 2 aromatic heterocycles. The molecular formula is C14H12ClN3OS. The van der Waals surface area contributed by atoms with Gasteiger partial charge in [-0.3, -0.25) is 5.32 Å². The highest BCUT2D eigenvalue weighted by molar-refractivity contribution is 7.17. The lowest BCUT2D eigenvalue weighted by molar-refractivity contribution is 0.262. The van der Waals surface area contributed by atoms with Crippen molar-refractivity contribution >= 4 is 50.7 Å². The molecule has 0 saturated heterocycles. The molecule has 0 spiro atoms. The first kappa shape index (κ1) is 13.0. The van der Waals surface area contributed by atoms with Gasteiger partial charge >= 0.3 is 6.03 Å². The van der Waals surface area contributed by atoms with E-state index in [0.717, 1.165) is 16.0 Å². The van der Waals surface area contributed by atoms with E-state index in [1.807, 2.05) is 41.3 Å². The average molecular weight is 306 g/mol. The summed E-state index contributed by atoms with van der Waals surface area (Å²) >= 11 is 7.65. The van der Waals surface area contributed by atoms with Gasteiger partial charge in [0.05, 0.1) is 20.9 Å². The highest BCUT2D eigenvalue weighted by Gasteiger charge is 2.10. The van der Waals surface area contributed by atoms with E-state index in [4.69, 9.17) is 11.6 Å². The number of carbonyl (C=O) groups is 1. The van der Waals surface area contributed by atoms with Crippen LogP contribution in [0.4, 0.5) is 16.3 Å². The van der Waals surface area contributed by atoms with Crippen LogP contribution < -0.4 is 10.6 Å². The molecule has 2 amide bonds. The maximum Gasteiger partial charge on any atom is 0.324 e. The van der Waals surface area contributed by atoms with E-state index < -0.39 is 0 Å². The predicted molar refractivity (Wildman–Crippen MR) is 84.9 cm³/mol. The highest BCUT2D eigenvalue weighted by Crippen LogP contribution is 2.27. The van der Waals surface area contributed by atoms with Gasteiger partial charge in [-0.05, 0) is 29.6 Å². The second-order valence-electron chi connectivity index (χ2n) is 4.32. The number of nitrogens with one attached hydrogen (secondary N) is 2. The summed E-state index contributed by atoms with van der Waals surface area (Å²) in [6.45, 7) is 0. The molecule has 4 nitrogen and oxygen atoms in total. The summed E-state index contributed by atoms with van der Waals surface area (Å²) in [4.78, 5) is 12.0. The second kappa shape index (κ2) is 5.19. The molecule has 0 aliphatic rings. The average Bonchev–Trinajstić information content (AvgIpc) is 2.97. The molecule has 1 aromatic carbocycles. The SMILES string of the molecule is Cn1c(NC(=O)Nc2ccccc2Cl)cc2sccc21. The zero-order chi connectivity index (χ0) is 14.1. The van der Waals surface area contributed by atoms with Gasteiger partial charge in [0, 0.05) is 7.05 Å². The van der Waals surface area contributed by atoms with Crippen molar-refractivity contribution in [3.8, 4) is 0 Å². The number of thiophene rings is 1. The van der Waals surface area contributed by atoms with Crippen molar-refractivity contribution in [2.75, 3.05) is 10.6 Å². The number of urea groups is 1. The first-order valence-corrected chi connectivity index (χ1v) is 7.26. The Hall–Kier alpha value is -1.98. The van der Waals surface area contributed by atoms with Crippen LogP contribution in [-0.4, -0.2) is 10.6 Å². The van der Waals surface area contributed by atoms with Crippen LogP contribution in [0.15, 0.2) is 41.8 Å². The molecule has 0 aliphatic carbocycles. The molecule has 2 N–H and O–H groups in total. The molecule has 0 radical (unpaired) electrons. The number of nitrogens with zero attached hydrogens (tertiary/aromatic N) is 1. The van der Waals surface area contributed by atoms with Crippen molar-refractivity contribution in [1.29, 1.82) is 0 Å². The minimum absolute atomic E-state index is 0.314. The fraction of sp³-hybridized carbons (Fsp3) is 0.0714. The van der Waals surface area contributed by atoms with Crippen molar-refractivity contribution in [2.24, 2.45) is 7.05 Å². The van der Waals surface area contributed by atoms with Crippen LogP contribution >= 0.6 is 22.9 Å². The molecule has 102 valence electrons. The van der Waals surface area contributed by atoms with Crippen molar-refractivity contribution < 1.29 is 4.79 Å². The monoisotopic (exact) mass is 305 g/mol. The molecule has 3 rings (SSSR count). The first-order chi connectivity index (χ1) is 9.65. The number of aromatic nitrogens is 1. The van der Waals surface area contributed by atoms with Gasteiger partial charge in [-0.1, -0.05) is 23.7 Å². The number of hydrogen-bond acceptors (Lipinski definition) is 2. The molecule has 0 aliphatic heterocycles. The normalized spacial score (nSPS) is 10.7. The quantitative estimate of drug-likeness (QED) is 0.717. The first-order valence-electron chi connectivity index (χ1n) is 6.00. The number of anilines is 2. The van der Waals surface area contributed by atoms with E-state index in [1.165, 1.54) is 0 Å². The van der Waals surface area contributed by atoms with Crippen LogP contribution in [0.1, 0.15) is 0 Å². The number of fused-ring (bicyclic) bond motifs is 1. The third-order valence-corrected chi connectivity index (χ3v) is 4.21. The van der Waals surface area contributed by atoms with Gasteiger partial charge in [-0.15, -0.1) is 11.3 Å². The molecule has 2 heterocycles. The number of aryl methyl sites for hydroxylation is 1. The van der Waals surface area contributed by atoms with Crippen LogP contribution in [0.5, 0.6) is 0 Å². The highest BCUT2D eigenvalue weighted by atomic mass is 35.5. The van der Waals surface area contributed by atoms with Crippen LogP contribution in [-0.2, 0) is 7.05 Å².